The standard InChI is InChI=1S/C17H15Cl2FN3OP/c1-9-14(18)15(19)17-12(22-9)6-11(20)16(23-17)10-4-5-13(21-7-10)24-8-25(2)3/h4-7H,8H2,1-3H3. The SMILES string of the molecule is Cc1nc2cc(F)c(-c3ccc(OCP(C)C)nc3)nc2c(Cl)c1Cl. The van der Waals surface area contributed by atoms with E-state index in [1.165, 1.54) is 12.3 Å². The average molecular weight is 398 g/mol. The van der Waals surface area contributed by atoms with Crippen molar-refractivity contribution in [3.63, 3.8) is 0 Å². The molecule has 0 aliphatic rings. The van der Waals surface area contributed by atoms with Crippen molar-refractivity contribution in [1.82, 2.24) is 15.0 Å². The molecule has 8 heteroatoms. The van der Waals surface area contributed by atoms with Crippen LogP contribution in [0.25, 0.3) is 22.3 Å². The van der Waals surface area contributed by atoms with Gasteiger partial charge in [0.25, 0.3) is 0 Å². The number of nitrogens with zero attached hydrogens (tertiary/aromatic N) is 3. The monoisotopic (exact) mass is 397 g/mol. The number of rotatable bonds is 4. The van der Waals surface area contributed by atoms with Gasteiger partial charge in [-0.25, -0.2) is 19.3 Å². The average Bonchev–Trinajstić information content (AvgIpc) is 2.58. The summed E-state index contributed by atoms with van der Waals surface area (Å²) in [5.74, 6) is -0.00147. The topological polar surface area (TPSA) is 47.9 Å². The molecular formula is C17H15Cl2FN3OP. The molecule has 25 heavy (non-hydrogen) atoms. The molecular weight excluding hydrogens is 383 g/mol. The summed E-state index contributed by atoms with van der Waals surface area (Å²) in [6.45, 7) is 5.94. The van der Waals surface area contributed by atoms with Crippen molar-refractivity contribution in [3.8, 4) is 17.1 Å². The molecule has 0 aromatic carbocycles. The summed E-state index contributed by atoms with van der Waals surface area (Å²) >= 11 is 12.4. The predicted octanol–water partition coefficient (Wildman–Crippen LogP) is 5.52. The van der Waals surface area contributed by atoms with Gasteiger partial charge in [-0.2, -0.15) is 0 Å². The Labute approximate surface area is 156 Å². The highest BCUT2D eigenvalue weighted by molar-refractivity contribution is 7.55. The van der Waals surface area contributed by atoms with Gasteiger partial charge in [0, 0.05) is 23.9 Å². The van der Waals surface area contributed by atoms with E-state index in [2.05, 4.69) is 28.3 Å². The summed E-state index contributed by atoms with van der Waals surface area (Å²) in [6.07, 6.45) is 2.15. The van der Waals surface area contributed by atoms with Crippen LogP contribution in [0.5, 0.6) is 5.88 Å². The molecule has 0 bridgehead atoms. The molecule has 0 fully saturated rings. The molecule has 0 amide bonds. The number of ether oxygens (including phenoxy) is 1. The van der Waals surface area contributed by atoms with Gasteiger partial charge in [-0.3, -0.25) is 0 Å². The maximum absolute atomic E-state index is 14.5. The summed E-state index contributed by atoms with van der Waals surface area (Å²) < 4.78 is 20.1. The molecule has 0 aliphatic heterocycles. The van der Waals surface area contributed by atoms with Gasteiger partial charge in [0.05, 0.1) is 21.3 Å². The van der Waals surface area contributed by atoms with E-state index in [-0.39, 0.29) is 18.6 Å². The molecule has 0 unspecified atom stereocenters. The highest BCUT2D eigenvalue weighted by Gasteiger charge is 2.16. The molecule has 0 N–H and O–H groups in total. The van der Waals surface area contributed by atoms with Crippen LogP contribution in [0.1, 0.15) is 5.69 Å². The second kappa shape index (κ2) is 7.36. The Morgan fingerprint density at radius 1 is 1.16 bits per heavy atom. The number of halogens is 3. The first kappa shape index (κ1) is 18.2. The molecule has 130 valence electrons. The first-order valence-corrected chi connectivity index (χ1v) is 10.6. The van der Waals surface area contributed by atoms with Crippen molar-refractivity contribution < 1.29 is 9.13 Å². The lowest BCUT2D eigenvalue weighted by molar-refractivity contribution is 0.373. The molecule has 3 heterocycles. The summed E-state index contributed by atoms with van der Waals surface area (Å²) in [6, 6.07) is 4.71. The number of pyridine rings is 3. The minimum absolute atomic E-state index is 0.142. The summed E-state index contributed by atoms with van der Waals surface area (Å²) in [5, 5.41) is 0.578. The quantitative estimate of drug-likeness (QED) is 0.543. The van der Waals surface area contributed by atoms with Crippen molar-refractivity contribution >= 4 is 42.2 Å². The number of aromatic nitrogens is 3. The number of hydrogen-bond donors (Lipinski definition) is 0. The fourth-order valence-electron chi connectivity index (χ4n) is 2.22. The Morgan fingerprint density at radius 2 is 1.92 bits per heavy atom. The third kappa shape index (κ3) is 3.84. The van der Waals surface area contributed by atoms with E-state index < -0.39 is 5.82 Å². The minimum atomic E-state index is -0.501. The van der Waals surface area contributed by atoms with Crippen molar-refractivity contribution in [3.05, 3.63) is 46.0 Å². The lowest BCUT2D eigenvalue weighted by Gasteiger charge is -2.10. The van der Waals surface area contributed by atoms with Gasteiger partial charge >= 0.3 is 0 Å². The van der Waals surface area contributed by atoms with E-state index in [0.29, 0.717) is 39.5 Å². The van der Waals surface area contributed by atoms with E-state index in [1.807, 2.05) is 0 Å². The summed E-state index contributed by atoms with van der Waals surface area (Å²) in [5.41, 5.74) is 1.91. The first-order valence-electron chi connectivity index (χ1n) is 7.42. The largest absolute Gasteiger partial charge is 0.473 e. The van der Waals surface area contributed by atoms with Crippen LogP contribution in [0.2, 0.25) is 10.0 Å². The zero-order valence-electron chi connectivity index (χ0n) is 13.8. The Bertz CT molecular complexity index is 936. The van der Waals surface area contributed by atoms with Crippen LogP contribution in [0, 0.1) is 12.7 Å². The van der Waals surface area contributed by atoms with Crippen LogP contribution in [-0.4, -0.2) is 34.6 Å². The smallest absolute Gasteiger partial charge is 0.213 e. The third-order valence-electron chi connectivity index (χ3n) is 3.44. The van der Waals surface area contributed by atoms with Crippen molar-refractivity contribution in [2.75, 3.05) is 19.7 Å². The van der Waals surface area contributed by atoms with Crippen molar-refractivity contribution in [2.24, 2.45) is 0 Å². The fraction of sp³-hybridized carbons (Fsp3) is 0.235. The summed E-state index contributed by atoms with van der Waals surface area (Å²) in [7, 11) is -0.179. The highest BCUT2D eigenvalue weighted by atomic mass is 35.5. The molecule has 0 radical (unpaired) electrons. The lowest BCUT2D eigenvalue weighted by atomic mass is 10.1. The predicted molar refractivity (Wildman–Crippen MR) is 102 cm³/mol. The highest BCUT2D eigenvalue weighted by Crippen LogP contribution is 2.33. The third-order valence-corrected chi connectivity index (χ3v) is 5.02. The van der Waals surface area contributed by atoms with Crippen LogP contribution in [-0.2, 0) is 0 Å². The van der Waals surface area contributed by atoms with Crippen LogP contribution in [0.4, 0.5) is 4.39 Å². The maximum Gasteiger partial charge on any atom is 0.213 e. The van der Waals surface area contributed by atoms with E-state index in [9.17, 15) is 4.39 Å². The minimum Gasteiger partial charge on any atom is -0.473 e. The van der Waals surface area contributed by atoms with Gasteiger partial charge < -0.3 is 4.74 Å². The van der Waals surface area contributed by atoms with Crippen LogP contribution < -0.4 is 4.74 Å². The number of aryl methyl sites for hydroxylation is 1. The zero-order valence-corrected chi connectivity index (χ0v) is 16.3. The van der Waals surface area contributed by atoms with E-state index in [0.717, 1.165) is 0 Å². The van der Waals surface area contributed by atoms with E-state index >= 15 is 0 Å². The molecule has 3 aromatic heterocycles. The second-order valence-corrected chi connectivity index (χ2v) is 8.92. The zero-order chi connectivity index (χ0) is 18.1. The van der Waals surface area contributed by atoms with Gasteiger partial charge in [0.15, 0.2) is 5.82 Å². The Balaban J connectivity index is 2.02. The molecule has 0 saturated carbocycles. The number of fused-ring (bicyclic) bond motifs is 1. The Kier molecular flexibility index (Phi) is 5.38. The Morgan fingerprint density at radius 3 is 2.56 bits per heavy atom. The van der Waals surface area contributed by atoms with Gasteiger partial charge in [0.1, 0.15) is 17.6 Å². The molecule has 4 nitrogen and oxygen atoms in total. The first-order chi connectivity index (χ1) is 11.9. The normalized spacial score (nSPS) is 11.3. The van der Waals surface area contributed by atoms with Crippen molar-refractivity contribution in [2.45, 2.75) is 6.92 Å². The Hall–Kier alpha value is -1.55. The molecule has 3 aromatic rings. The van der Waals surface area contributed by atoms with Crippen molar-refractivity contribution in [1.29, 1.82) is 0 Å². The lowest BCUT2D eigenvalue weighted by Crippen LogP contribution is -1.98. The van der Waals surface area contributed by atoms with Gasteiger partial charge in [-0.15, -0.1) is 0 Å². The summed E-state index contributed by atoms with van der Waals surface area (Å²) in [4.78, 5) is 12.8. The van der Waals surface area contributed by atoms with Gasteiger partial charge in [-0.05, 0) is 26.3 Å². The van der Waals surface area contributed by atoms with Gasteiger partial charge in [0.2, 0.25) is 5.88 Å². The fourth-order valence-corrected chi connectivity index (χ4v) is 3.02. The second-order valence-electron chi connectivity index (χ2n) is 5.75. The van der Waals surface area contributed by atoms with E-state index in [1.54, 1.807) is 19.1 Å². The molecule has 0 aliphatic carbocycles. The molecule has 0 spiro atoms. The van der Waals surface area contributed by atoms with Crippen LogP contribution >= 0.6 is 31.1 Å². The molecule has 0 atom stereocenters. The number of hydrogen-bond acceptors (Lipinski definition) is 4. The van der Waals surface area contributed by atoms with Gasteiger partial charge in [-0.1, -0.05) is 31.1 Å². The molecule has 0 saturated heterocycles. The van der Waals surface area contributed by atoms with Crippen LogP contribution in [0.15, 0.2) is 24.4 Å². The van der Waals surface area contributed by atoms with E-state index in [4.69, 9.17) is 27.9 Å². The maximum atomic E-state index is 14.5. The molecule has 3 rings (SSSR count). The van der Waals surface area contributed by atoms with Crippen LogP contribution in [0.3, 0.4) is 0 Å².